The van der Waals surface area contributed by atoms with Crippen LogP contribution in [0.1, 0.15) is 15.2 Å². The number of nitrogens with zero attached hydrogens (tertiary/aromatic N) is 1. The first-order chi connectivity index (χ1) is 10.6. The fourth-order valence-corrected chi connectivity index (χ4v) is 3.39. The topological polar surface area (TPSA) is 58.6 Å². The largest absolute Gasteiger partial charge is 0.496 e. The summed E-state index contributed by atoms with van der Waals surface area (Å²) in [5.41, 5.74) is 1.45. The maximum Gasteiger partial charge on any atom is 0.264 e. The lowest BCUT2D eigenvalue weighted by molar-refractivity contribution is -0.116. The number of hydrogen-bond donors (Lipinski definition) is 1. The number of methoxy groups -OCH3 is 1. The molecule has 0 unspecified atom stereocenters. The van der Waals surface area contributed by atoms with E-state index in [-0.39, 0.29) is 18.4 Å². The van der Waals surface area contributed by atoms with Crippen molar-refractivity contribution in [1.82, 2.24) is 4.90 Å². The van der Waals surface area contributed by atoms with E-state index >= 15 is 0 Å². The molecule has 2 amide bonds. The third-order valence-corrected chi connectivity index (χ3v) is 4.60. The van der Waals surface area contributed by atoms with Gasteiger partial charge in [-0.25, -0.2) is 0 Å². The number of carbonyl (C=O) groups excluding carboxylic acids is 2. The summed E-state index contributed by atoms with van der Waals surface area (Å²) < 4.78 is 5.88. The Morgan fingerprint density at radius 3 is 2.82 bits per heavy atom. The summed E-state index contributed by atoms with van der Waals surface area (Å²) in [6, 6.07) is 8.74. The number of ether oxygens (including phenoxy) is 1. The van der Waals surface area contributed by atoms with Crippen LogP contribution in [-0.2, 0) is 11.3 Å². The third kappa shape index (κ3) is 2.80. The summed E-state index contributed by atoms with van der Waals surface area (Å²) in [6.07, 6.45) is 0. The highest BCUT2D eigenvalue weighted by Gasteiger charge is 2.26. The molecule has 0 bridgehead atoms. The number of benzene rings is 1. The van der Waals surface area contributed by atoms with Gasteiger partial charge < -0.3 is 15.0 Å². The van der Waals surface area contributed by atoms with Crippen molar-refractivity contribution in [3.63, 3.8) is 0 Å². The predicted molar refractivity (Wildman–Crippen MR) is 85.7 cm³/mol. The zero-order valence-electron chi connectivity index (χ0n) is 11.8. The number of halogens is 1. The van der Waals surface area contributed by atoms with Crippen molar-refractivity contribution in [2.24, 2.45) is 0 Å². The second-order valence-corrected chi connectivity index (χ2v) is 6.51. The number of fused-ring (bicyclic) bond motifs is 1. The third-order valence-electron chi connectivity index (χ3n) is 3.38. The summed E-state index contributed by atoms with van der Waals surface area (Å²) in [4.78, 5) is 26.6. The molecule has 0 spiro atoms. The summed E-state index contributed by atoms with van der Waals surface area (Å²) in [5, 5.41) is 2.80. The van der Waals surface area contributed by atoms with Crippen molar-refractivity contribution in [2.45, 2.75) is 6.54 Å². The standard InChI is InChI=1S/C15H13ClN2O3S/c1-21-11-4-2-3-10-9(11)7-18(8-14(19)17-10)15(20)12-5-6-13(16)22-12/h2-6H,7-8H2,1H3,(H,17,19). The monoisotopic (exact) mass is 336 g/mol. The minimum Gasteiger partial charge on any atom is -0.496 e. The maximum absolute atomic E-state index is 12.6. The molecule has 0 saturated carbocycles. The lowest BCUT2D eigenvalue weighted by Crippen LogP contribution is -2.34. The van der Waals surface area contributed by atoms with Gasteiger partial charge in [-0.05, 0) is 24.3 Å². The van der Waals surface area contributed by atoms with E-state index in [9.17, 15) is 9.59 Å². The molecule has 0 saturated heterocycles. The van der Waals surface area contributed by atoms with Crippen LogP contribution in [0.15, 0.2) is 30.3 Å². The van der Waals surface area contributed by atoms with Crippen LogP contribution >= 0.6 is 22.9 Å². The molecule has 3 rings (SSSR count). The molecule has 1 aliphatic rings. The predicted octanol–water partition coefficient (Wildman–Crippen LogP) is 3.00. The minimum absolute atomic E-state index is 0.00775. The van der Waals surface area contributed by atoms with Gasteiger partial charge in [-0.1, -0.05) is 17.7 Å². The molecule has 114 valence electrons. The number of rotatable bonds is 2. The van der Waals surface area contributed by atoms with Gasteiger partial charge in [-0.15, -0.1) is 11.3 Å². The second-order valence-electron chi connectivity index (χ2n) is 4.80. The molecule has 0 radical (unpaired) electrons. The Bertz CT molecular complexity index is 744. The highest BCUT2D eigenvalue weighted by atomic mass is 35.5. The number of thiophene rings is 1. The van der Waals surface area contributed by atoms with Crippen LogP contribution < -0.4 is 10.1 Å². The Kier molecular flexibility index (Phi) is 4.04. The summed E-state index contributed by atoms with van der Waals surface area (Å²) in [5.74, 6) is 0.190. The average Bonchev–Trinajstić information content (AvgIpc) is 2.85. The zero-order chi connectivity index (χ0) is 15.7. The first kappa shape index (κ1) is 14.9. The fourth-order valence-electron chi connectivity index (χ4n) is 2.38. The first-order valence-electron chi connectivity index (χ1n) is 6.59. The number of nitrogens with one attached hydrogen (secondary N) is 1. The van der Waals surface area contributed by atoms with Gasteiger partial charge in [0.2, 0.25) is 5.91 Å². The number of amides is 2. The van der Waals surface area contributed by atoms with Gasteiger partial charge in [-0.3, -0.25) is 9.59 Å². The second kappa shape index (κ2) is 5.98. The van der Waals surface area contributed by atoms with E-state index in [1.165, 1.54) is 16.2 Å². The molecule has 0 aliphatic carbocycles. The van der Waals surface area contributed by atoms with E-state index < -0.39 is 0 Å². The fraction of sp³-hybridized carbons (Fsp3) is 0.200. The van der Waals surface area contributed by atoms with Crippen molar-refractivity contribution < 1.29 is 14.3 Å². The SMILES string of the molecule is COc1cccc2c1CN(C(=O)c1ccc(Cl)s1)CC(=O)N2. The Morgan fingerprint density at radius 2 is 2.14 bits per heavy atom. The molecule has 7 heteroatoms. The molecule has 22 heavy (non-hydrogen) atoms. The Hall–Kier alpha value is -2.05. The molecular weight excluding hydrogens is 324 g/mol. The number of anilines is 1. The molecular formula is C15H13ClN2O3S. The van der Waals surface area contributed by atoms with Crippen LogP contribution in [0.2, 0.25) is 4.34 Å². The summed E-state index contributed by atoms with van der Waals surface area (Å²) in [6.45, 7) is 0.290. The van der Waals surface area contributed by atoms with E-state index in [2.05, 4.69) is 5.32 Å². The van der Waals surface area contributed by atoms with Crippen LogP contribution in [0.25, 0.3) is 0 Å². The lowest BCUT2D eigenvalue weighted by atomic mass is 10.1. The average molecular weight is 337 g/mol. The minimum atomic E-state index is -0.233. The van der Waals surface area contributed by atoms with Crippen LogP contribution in [0.5, 0.6) is 5.75 Å². The molecule has 0 fully saturated rings. The molecule has 2 aromatic rings. The van der Waals surface area contributed by atoms with Crippen LogP contribution in [-0.4, -0.2) is 30.4 Å². The van der Waals surface area contributed by atoms with Crippen LogP contribution in [0, 0.1) is 0 Å². The van der Waals surface area contributed by atoms with Gasteiger partial charge in [0.15, 0.2) is 0 Å². The normalized spacial score (nSPS) is 14.1. The van der Waals surface area contributed by atoms with E-state index in [4.69, 9.17) is 16.3 Å². The van der Waals surface area contributed by atoms with E-state index in [0.717, 1.165) is 5.56 Å². The summed E-state index contributed by atoms with van der Waals surface area (Å²) in [7, 11) is 1.56. The van der Waals surface area contributed by atoms with Crippen molar-refractivity contribution in [1.29, 1.82) is 0 Å². The first-order valence-corrected chi connectivity index (χ1v) is 7.78. The van der Waals surface area contributed by atoms with E-state index in [0.29, 0.717) is 27.2 Å². The van der Waals surface area contributed by atoms with Crippen molar-refractivity contribution in [2.75, 3.05) is 19.0 Å². The lowest BCUT2D eigenvalue weighted by Gasteiger charge is -2.19. The van der Waals surface area contributed by atoms with E-state index in [1.807, 2.05) is 0 Å². The Labute approximate surface area is 136 Å². The van der Waals surface area contributed by atoms with Gasteiger partial charge in [0.1, 0.15) is 12.3 Å². The van der Waals surface area contributed by atoms with Gasteiger partial charge in [-0.2, -0.15) is 0 Å². The van der Waals surface area contributed by atoms with Crippen LogP contribution in [0.3, 0.4) is 0 Å². The highest BCUT2D eigenvalue weighted by molar-refractivity contribution is 7.17. The number of carbonyl (C=O) groups is 2. The quantitative estimate of drug-likeness (QED) is 0.917. The summed E-state index contributed by atoms with van der Waals surface area (Å²) >= 11 is 7.08. The van der Waals surface area contributed by atoms with E-state index in [1.54, 1.807) is 37.4 Å². The number of hydrogen-bond acceptors (Lipinski definition) is 4. The Balaban J connectivity index is 1.96. The molecule has 1 N–H and O–H groups in total. The molecule has 5 nitrogen and oxygen atoms in total. The van der Waals surface area contributed by atoms with Crippen molar-refractivity contribution >= 4 is 40.4 Å². The maximum atomic E-state index is 12.6. The molecule has 1 aromatic carbocycles. The van der Waals surface area contributed by atoms with Gasteiger partial charge in [0, 0.05) is 11.3 Å². The molecule has 1 aliphatic heterocycles. The van der Waals surface area contributed by atoms with Gasteiger partial charge in [0.25, 0.3) is 5.91 Å². The molecule has 0 atom stereocenters. The highest BCUT2D eigenvalue weighted by Crippen LogP contribution is 2.31. The molecule has 1 aromatic heterocycles. The smallest absolute Gasteiger partial charge is 0.264 e. The Morgan fingerprint density at radius 1 is 1.32 bits per heavy atom. The van der Waals surface area contributed by atoms with Gasteiger partial charge >= 0.3 is 0 Å². The van der Waals surface area contributed by atoms with Crippen molar-refractivity contribution in [3.05, 3.63) is 45.1 Å². The van der Waals surface area contributed by atoms with Gasteiger partial charge in [0.05, 0.1) is 22.9 Å². The molecule has 2 heterocycles. The van der Waals surface area contributed by atoms with Crippen molar-refractivity contribution in [3.8, 4) is 5.75 Å². The zero-order valence-corrected chi connectivity index (χ0v) is 13.3. The van der Waals surface area contributed by atoms with Crippen LogP contribution in [0.4, 0.5) is 5.69 Å².